The Morgan fingerprint density at radius 3 is 2.60 bits per heavy atom. The lowest BCUT2D eigenvalue weighted by atomic mass is 9.89. The van der Waals surface area contributed by atoms with Crippen molar-refractivity contribution < 1.29 is 0 Å². The van der Waals surface area contributed by atoms with Gasteiger partial charge in [0, 0.05) is 16.2 Å². The van der Waals surface area contributed by atoms with Crippen molar-refractivity contribution in [3.63, 3.8) is 0 Å². The van der Waals surface area contributed by atoms with Crippen LogP contribution < -0.4 is 5.73 Å². The molecular formula is C15H11N3S2. The van der Waals surface area contributed by atoms with Gasteiger partial charge in [-0.2, -0.15) is 22.3 Å². The van der Waals surface area contributed by atoms with Gasteiger partial charge in [0.15, 0.2) is 0 Å². The number of thiophene rings is 1. The Hall–Kier alpha value is -1.95. The molecule has 0 amide bonds. The molecule has 0 radical (unpaired) electrons. The maximum atomic E-state index is 9.48. The Bertz CT molecular complexity index is 749. The molecule has 0 bridgehead atoms. The zero-order chi connectivity index (χ0) is 14.1. The van der Waals surface area contributed by atoms with E-state index in [1.165, 1.54) is 0 Å². The molecule has 1 aliphatic rings. The van der Waals surface area contributed by atoms with Gasteiger partial charge in [-0.05, 0) is 34.7 Å². The Morgan fingerprint density at radius 1 is 1.15 bits per heavy atom. The van der Waals surface area contributed by atoms with Gasteiger partial charge >= 0.3 is 0 Å². The Labute approximate surface area is 125 Å². The molecule has 0 atom stereocenters. The normalized spacial score (nSPS) is 13.3. The average Bonchev–Trinajstić information content (AvgIpc) is 3.00. The summed E-state index contributed by atoms with van der Waals surface area (Å²) in [6, 6.07) is 8.36. The lowest BCUT2D eigenvalue weighted by molar-refractivity contribution is 1.08. The van der Waals surface area contributed by atoms with E-state index in [1.54, 1.807) is 11.3 Å². The molecule has 5 heteroatoms. The largest absolute Gasteiger partial charge is 0.397 e. The van der Waals surface area contributed by atoms with Crippen LogP contribution in [0.4, 0.5) is 5.69 Å². The molecule has 1 aromatic heterocycles. The predicted octanol–water partition coefficient (Wildman–Crippen LogP) is 3.53. The average molecular weight is 297 g/mol. The zero-order valence-electron chi connectivity index (χ0n) is 10.6. The van der Waals surface area contributed by atoms with Gasteiger partial charge in [-0.3, -0.25) is 0 Å². The molecule has 20 heavy (non-hydrogen) atoms. The number of rotatable bonds is 1. The highest BCUT2D eigenvalue weighted by Gasteiger charge is 2.25. The SMILES string of the molecule is N#Cc1c(N)c(C#N)c(-c2cccs2)c2c1CCSC2. The summed E-state index contributed by atoms with van der Waals surface area (Å²) in [6.07, 6.45) is 0.844. The number of hydrogen-bond donors (Lipinski definition) is 1. The summed E-state index contributed by atoms with van der Waals surface area (Å²) in [4.78, 5) is 1.05. The third kappa shape index (κ3) is 1.87. The monoisotopic (exact) mass is 297 g/mol. The number of fused-ring (bicyclic) bond motifs is 1. The minimum atomic E-state index is 0.337. The van der Waals surface area contributed by atoms with Crippen LogP contribution in [0.1, 0.15) is 22.3 Å². The molecule has 0 fully saturated rings. The van der Waals surface area contributed by atoms with E-state index in [4.69, 9.17) is 5.73 Å². The minimum absolute atomic E-state index is 0.337. The highest BCUT2D eigenvalue weighted by atomic mass is 32.2. The number of nitrogens with two attached hydrogens (primary N) is 1. The van der Waals surface area contributed by atoms with Crippen LogP contribution in [0.5, 0.6) is 0 Å². The Morgan fingerprint density at radius 2 is 1.95 bits per heavy atom. The molecule has 0 unspecified atom stereocenters. The van der Waals surface area contributed by atoms with Crippen LogP contribution in [-0.4, -0.2) is 5.75 Å². The van der Waals surface area contributed by atoms with Gasteiger partial charge in [-0.1, -0.05) is 6.07 Å². The van der Waals surface area contributed by atoms with Crippen LogP contribution in [0.3, 0.4) is 0 Å². The van der Waals surface area contributed by atoms with E-state index in [-0.39, 0.29) is 0 Å². The van der Waals surface area contributed by atoms with E-state index in [9.17, 15) is 10.5 Å². The van der Waals surface area contributed by atoms with Gasteiger partial charge in [-0.25, -0.2) is 0 Å². The molecule has 2 aromatic rings. The summed E-state index contributed by atoms with van der Waals surface area (Å²) in [5.74, 6) is 1.84. The minimum Gasteiger partial charge on any atom is -0.397 e. The first-order valence-electron chi connectivity index (χ1n) is 6.17. The fourth-order valence-electron chi connectivity index (χ4n) is 2.60. The van der Waals surface area contributed by atoms with Crippen LogP contribution in [0.25, 0.3) is 10.4 Å². The van der Waals surface area contributed by atoms with Crippen LogP contribution in [-0.2, 0) is 12.2 Å². The number of nitrogen functional groups attached to an aromatic ring is 1. The lowest BCUT2D eigenvalue weighted by Crippen LogP contribution is -2.11. The third-order valence-corrected chi connectivity index (χ3v) is 5.36. The molecule has 98 valence electrons. The summed E-state index contributed by atoms with van der Waals surface area (Å²) in [5.41, 5.74) is 10.5. The summed E-state index contributed by atoms with van der Waals surface area (Å²) in [7, 11) is 0. The standard InChI is InChI=1S/C15H11N3S2/c16-6-10-9-3-5-19-8-12(9)14(11(7-17)15(10)18)13-2-1-4-20-13/h1-2,4H,3,5,8,18H2. The number of nitrogens with zero attached hydrogens (tertiary/aromatic N) is 2. The third-order valence-electron chi connectivity index (χ3n) is 3.49. The van der Waals surface area contributed by atoms with Crippen molar-refractivity contribution in [2.45, 2.75) is 12.2 Å². The highest BCUT2D eigenvalue weighted by Crippen LogP contribution is 2.42. The number of thioether (sulfide) groups is 1. The fraction of sp³-hybridized carbons (Fsp3) is 0.200. The van der Waals surface area contributed by atoms with Crippen molar-refractivity contribution in [3.8, 4) is 22.6 Å². The van der Waals surface area contributed by atoms with Crippen LogP contribution in [0.15, 0.2) is 17.5 Å². The van der Waals surface area contributed by atoms with Crippen LogP contribution in [0.2, 0.25) is 0 Å². The van der Waals surface area contributed by atoms with Gasteiger partial charge in [-0.15, -0.1) is 11.3 Å². The second kappa shape index (κ2) is 5.20. The molecule has 3 nitrogen and oxygen atoms in total. The van der Waals surface area contributed by atoms with E-state index in [0.29, 0.717) is 16.8 Å². The first-order chi connectivity index (χ1) is 9.77. The smallest absolute Gasteiger partial charge is 0.102 e. The fourth-order valence-corrected chi connectivity index (χ4v) is 4.41. The van der Waals surface area contributed by atoms with Gasteiger partial charge in [0.25, 0.3) is 0 Å². The molecule has 0 saturated carbocycles. The molecule has 0 spiro atoms. The number of hydrogen-bond acceptors (Lipinski definition) is 5. The molecule has 0 aliphatic carbocycles. The zero-order valence-corrected chi connectivity index (χ0v) is 12.3. The first kappa shape index (κ1) is 13.1. The van der Waals surface area contributed by atoms with Gasteiger partial charge in [0.2, 0.25) is 0 Å². The van der Waals surface area contributed by atoms with Gasteiger partial charge in [0.1, 0.15) is 12.1 Å². The Balaban J connectivity index is 2.42. The molecule has 2 heterocycles. The van der Waals surface area contributed by atoms with Gasteiger partial charge < -0.3 is 5.73 Å². The second-order valence-corrected chi connectivity index (χ2v) is 6.55. The van der Waals surface area contributed by atoms with Crippen molar-refractivity contribution in [2.75, 3.05) is 11.5 Å². The maximum Gasteiger partial charge on any atom is 0.102 e. The molecule has 3 rings (SSSR count). The summed E-state index contributed by atoms with van der Waals surface area (Å²) in [5, 5.41) is 20.8. The molecule has 2 N–H and O–H groups in total. The van der Waals surface area contributed by atoms with Crippen LogP contribution >= 0.6 is 23.1 Å². The first-order valence-corrected chi connectivity index (χ1v) is 8.20. The van der Waals surface area contributed by atoms with Crippen LogP contribution in [0, 0.1) is 22.7 Å². The molecule has 1 aromatic carbocycles. The summed E-state index contributed by atoms with van der Waals surface area (Å²) < 4.78 is 0. The molecular weight excluding hydrogens is 286 g/mol. The van der Waals surface area contributed by atoms with E-state index < -0.39 is 0 Å². The van der Waals surface area contributed by atoms with Crippen molar-refractivity contribution in [2.24, 2.45) is 0 Å². The van der Waals surface area contributed by atoms with E-state index in [0.717, 1.165) is 39.5 Å². The van der Waals surface area contributed by atoms with Gasteiger partial charge in [0.05, 0.1) is 16.8 Å². The highest BCUT2D eigenvalue weighted by molar-refractivity contribution is 7.98. The number of benzene rings is 1. The maximum absolute atomic E-state index is 9.48. The second-order valence-electron chi connectivity index (χ2n) is 4.50. The molecule has 1 aliphatic heterocycles. The van der Waals surface area contributed by atoms with E-state index >= 15 is 0 Å². The number of nitriles is 2. The lowest BCUT2D eigenvalue weighted by Gasteiger charge is -2.22. The Kier molecular flexibility index (Phi) is 3.40. The van der Waals surface area contributed by atoms with Crippen molar-refractivity contribution in [1.29, 1.82) is 10.5 Å². The number of anilines is 1. The van der Waals surface area contributed by atoms with E-state index in [2.05, 4.69) is 12.1 Å². The quantitative estimate of drug-likeness (QED) is 0.817. The van der Waals surface area contributed by atoms with Crippen molar-refractivity contribution in [1.82, 2.24) is 0 Å². The van der Waals surface area contributed by atoms with Crippen molar-refractivity contribution >= 4 is 28.8 Å². The predicted molar refractivity (Wildman–Crippen MR) is 83.5 cm³/mol. The molecule has 0 saturated heterocycles. The summed E-state index contributed by atoms with van der Waals surface area (Å²) in [6.45, 7) is 0. The van der Waals surface area contributed by atoms with E-state index in [1.807, 2.05) is 29.3 Å². The summed E-state index contributed by atoms with van der Waals surface area (Å²) >= 11 is 3.44. The topological polar surface area (TPSA) is 73.6 Å². The van der Waals surface area contributed by atoms with Crippen molar-refractivity contribution in [3.05, 3.63) is 39.8 Å².